The molecule has 3 N–H and O–H groups in total. The number of benzene rings is 4. The summed E-state index contributed by atoms with van der Waals surface area (Å²) in [5.41, 5.74) is 4.11. The molecule has 0 saturated carbocycles. The summed E-state index contributed by atoms with van der Waals surface area (Å²) in [5, 5.41) is 30.8. The standard InChI is InChI=1S/C33H36O5S2/c34-19-29(40-23-28(36)21-38-33-18-10-8-16-31(33)26-13-5-2-6-14-26)24-39-22-27(35)20-37-32-17-9-7-15-30(32)25-11-3-1-4-12-25/h1-18,27-29,34-36H,19-24H2. The predicted molar refractivity (Wildman–Crippen MR) is 167 cm³/mol. The average molecular weight is 577 g/mol. The Morgan fingerprint density at radius 2 is 1.00 bits per heavy atom. The summed E-state index contributed by atoms with van der Waals surface area (Å²) in [6, 6.07) is 35.7. The molecule has 0 bridgehead atoms. The maximum atomic E-state index is 10.5. The summed E-state index contributed by atoms with van der Waals surface area (Å²) in [4.78, 5) is 0. The molecule has 0 aliphatic heterocycles. The number of rotatable bonds is 16. The zero-order valence-corrected chi connectivity index (χ0v) is 24.0. The van der Waals surface area contributed by atoms with Crippen molar-refractivity contribution in [1.82, 2.24) is 0 Å². The van der Waals surface area contributed by atoms with Gasteiger partial charge in [-0.25, -0.2) is 0 Å². The van der Waals surface area contributed by atoms with Crippen LogP contribution in [0, 0.1) is 0 Å². The molecule has 5 nitrogen and oxygen atoms in total. The highest BCUT2D eigenvalue weighted by Crippen LogP contribution is 2.31. The van der Waals surface area contributed by atoms with Gasteiger partial charge in [0.2, 0.25) is 0 Å². The molecule has 0 saturated heterocycles. The lowest BCUT2D eigenvalue weighted by molar-refractivity contribution is 0.126. The Kier molecular flexibility index (Phi) is 12.3. The maximum absolute atomic E-state index is 10.5. The fourth-order valence-electron chi connectivity index (χ4n) is 4.10. The molecule has 3 unspecified atom stereocenters. The SMILES string of the molecule is OCC(CSCC(O)COc1ccccc1-c1ccccc1)SCC(O)COc1ccccc1-c1ccccc1. The van der Waals surface area contributed by atoms with Gasteiger partial charge in [-0.3, -0.25) is 0 Å². The summed E-state index contributed by atoms with van der Waals surface area (Å²) < 4.78 is 11.9. The normalized spacial score (nSPS) is 13.4. The number of para-hydroxylation sites is 2. The van der Waals surface area contributed by atoms with Crippen LogP contribution in [0.1, 0.15) is 0 Å². The largest absolute Gasteiger partial charge is 0.490 e. The van der Waals surface area contributed by atoms with E-state index in [0.29, 0.717) is 17.3 Å². The van der Waals surface area contributed by atoms with E-state index in [0.717, 1.165) is 33.8 Å². The third-order valence-electron chi connectivity index (χ3n) is 6.15. The highest BCUT2D eigenvalue weighted by molar-refractivity contribution is 8.03. The lowest BCUT2D eigenvalue weighted by atomic mass is 10.1. The fourth-order valence-corrected chi connectivity index (χ4v) is 6.34. The zero-order valence-electron chi connectivity index (χ0n) is 22.3. The third kappa shape index (κ3) is 9.32. The van der Waals surface area contributed by atoms with Crippen LogP contribution >= 0.6 is 23.5 Å². The van der Waals surface area contributed by atoms with Gasteiger partial charge in [0.1, 0.15) is 24.7 Å². The topological polar surface area (TPSA) is 79.2 Å². The molecule has 0 aliphatic carbocycles. The van der Waals surface area contributed by atoms with Crippen molar-refractivity contribution in [3.05, 3.63) is 109 Å². The van der Waals surface area contributed by atoms with E-state index in [1.54, 1.807) is 11.8 Å². The van der Waals surface area contributed by atoms with Crippen LogP contribution in [0.15, 0.2) is 109 Å². The summed E-state index contributed by atoms with van der Waals surface area (Å²) in [6.07, 6.45) is -1.31. The molecular formula is C33H36O5S2. The second-order valence-corrected chi connectivity index (χ2v) is 11.7. The number of aliphatic hydroxyl groups is 3. The van der Waals surface area contributed by atoms with Crippen molar-refractivity contribution in [2.24, 2.45) is 0 Å². The number of hydrogen-bond acceptors (Lipinski definition) is 7. The Hall–Kier alpha value is -2.94. The molecule has 0 aromatic heterocycles. The molecular weight excluding hydrogens is 540 g/mol. The van der Waals surface area contributed by atoms with E-state index in [4.69, 9.17) is 9.47 Å². The van der Waals surface area contributed by atoms with Crippen molar-refractivity contribution in [2.45, 2.75) is 17.5 Å². The molecule has 40 heavy (non-hydrogen) atoms. The quantitative estimate of drug-likeness (QED) is 0.150. The molecule has 3 atom stereocenters. The molecule has 0 heterocycles. The van der Waals surface area contributed by atoms with Gasteiger partial charge in [0.25, 0.3) is 0 Å². The van der Waals surface area contributed by atoms with Gasteiger partial charge in [0.05, 0.1) is 18.8 Å². The zero-order chi connectivity index (χ0) is 28.0. The van der Waals surface area contributed by atoms with E-state index in [-0.39, 0.29) is 25.1 Å². The minimum Gasteiger partial charge on any atom is -0.490 e. The number of thioether (sulfide) groups is 2. The first-order chi connectivity index (χ1) is 19.6. The van der Waals surface area contributed by atoms with Crippen LogP contribution in [0.4, 0.5) is 0 Å². The monoisotopic (exact) mass is 576 g/mol. The Morgan fingerprint density at radius 1 is 0.550 bits per heavy atom. The molecule has 4 aromatic rings. The first-order valence-corrected chi connectivity index (χ1v) is 15.5. The van der Waals surface area contributed by atoms with Crippen LogP contribution in [0.5, 0.6) is 11.5 Å². The van der Waals surface area contributed by atoms with E-state index >= 15 is 0 Å². The minimum atomic E-state index is -0.670. The summed E-state index contributed by atoms with van der Waals surface area (Å²) in [6.45, 7) is 0.357. The number of ether oxygens (including phenoxy) is 2. The second kappa shape index (κ2) is 16.4. The van der Waals surface area contributed by atoms with Gasteiger partial charge >= 0.3 is 0 Å². The van der Waals surface area contributed by atoms with Crippen molar-refractivity contribution in [2.75, 3.05) is 37.1 Å². The van der Waals surface area contributed by atoms with Crippen molar-refractivity contribution in [3.63, 3.8) is 0 Å². The minimum absolute atomic E-state index is 0.000862. The molecule has 0 fully saturated rings. The maximum Gasteiger partial charge on any atom is 0.127 e. The Balaban J connectivity index is 1.16. The molecule has 0 spiro atoms. The van der Waals surface area contributed by atoms with Crippen LogP contribution in [0.25, 0.3) is 22.3 Å². The van der Waals surface area contributed by atoms with E-state index in [9.17, 15) is 15.3 Å². The van der Waals surface area contributed by atoms with Gasteiger partial charge in [-0.2, -0.15) is 23.5 Å². The van der Waals surface area contributed by atoms with Crippen molar-refractivity contribution < 1.29 is 24.8 Å². The Labute approximate surface area is 245 Å². The lowest BCUT2D eigenvalue weighted by Gasteiger charge is -2.19. The lowest BCUT2D eigenvalue weighted by Crippen LogP contribution is -2.24. The smallest absolute Gasteiger partial charge is 0.127 e. The third-order valence-corrected chi connectivity index (χ3v) is 8.98. The summed E-state index contributed by atoms with van der Waals surface area (Å²) in [5.74, 6) is 3.07. The van der Waals surface area contributed by atoms with E-state index in [1.165, 1.54) is 11.8 Å². The number of aliphatic hydroxyl groups excluding tert-OH is 3. The molecule has 0 amide bonds. The van der Waals surface area contributed by atoms with E-state index in [2.05, 4.69) is 0 Å². The first kappa shape index (κ1) is 30.0. The van der Waals surface area contributed by atoms with E-state index in [1.807, 2.05) is 109 Å². The molecule has 210 valence electrons. The van der Waals surface area contributed by atoms with Gasteiger partial charge < -0.3 is 24.8 Å². The van der Waals surface area contributed by atoms with Crippen LogP contribution in [0.3, 0.4) is 0 Å². The van der Waals surface area contributed by atoms with Gasteiger partial charge in [0.15, 0.2) is 0 Å². The molecule has 7 heteroatoms. The fraction of sp³-hybridized carbons (Fsp3) is 0.273. The molecule has 4 rings (SSSR count). The second-order valence-electron chi connectivity index (χ2n) is 9.33. The summed E-state index contributed by atoms with van der Waals surface area (Å²) in [7, 11) is 0. The molecule has 4 aromatic carbocycles. The van der Waals surface area contributed by atoms with Crippen molar-refractivity contribution in [1.29, 1.82) is 0 Å². The Bertz CT molecular complexity index is 1270. The van der Waals surface area contributed by atoms with Crippen LogP contribution in [-0.4, -0.2) is 69.9 Å². The van der Waals surface area contributed by atoms with Gasteiger partial charge in [-0.1, -0.05) is 97.1 Å². The van der Waals surface area contributed by atoms with Gasteiger partial charge in [-0.15, -0.1) is 0 Å². The predicted octanol–water partition coefficient (Wildman–Crippen LogP) is 6.03. The highest BCUT2D eigenvalue weighted by atomic mass is 32.2. The van der Waals surface area contributed by atoms with Crippen molar-refractivity contribution in [3.8, 4) is 33.8 Å². The van der Waals surface area contributed by atoms with Crippen LogP contribution < -0.4 is 9.47 Å². The van der Waals surface area contributed by atoms with Gasteiger partial charge in [0, 0.05) is 33.6 Å². The van der Waals surface area contributed by atoms with Crippen molar-refractivity contribution >= 4 is 23.5 Å². The number of hydrogen-bond donors (Lipinski definition) is 3. The van der Waals surface area contributed by atoms with Crippen LogP contribution in [-0.2, 0) is 0 Å². The average Bonchev–Trinajstić information content (AvgIpc) is 3.01. The van der Waals surface area contributed by atoms with E-state index < -0.39 is 12.2 Å². The molecule has 0 aliphatic rings. The summed E-state index contributed by atoms with van der Waals surface area (Å²) >= 11 is 3.08. The first-order valence-electron chi connectivity index (χ1n) is 13.3. The highest BCUT2D eigenvalue weighted by Gasteiger charge is 2.16. The van der Waals surface area contributed by atoms with Gasteiger partial charge in [-0.05, 0) is 23.3 Å². The Morgan fingerprint density at radius 3 is 1.50 bits per heavy atom. The molecule has 0 radical (unpaired) electrons. The van der Waals surface area contributed by atoms with Crippen LogP contribution in [0.2, 0.25) is 0 Å².